The Balaban J connectivity index is 1.67. The topological polar surface area (TPSA) is 43.8 Å². The Morgan fingerprint density at radius 3 is 3.05 bits per heavy atom. The van der Waals surface area contributed by atoms with Crippen LogP contribution in [-0.4, -0.2) is 68.2 Å². The Morgan fingerprint density at radius 1 is 1.36 bits per heavy atom. The van der Waals surface area contributed by atoms with Crippen molar-refractivity contribution < 1.29 is 14.2 Å². The standard InChI is InChI=1S/C17H26N2O3/c1-20-9-10-22-17-4-7-19(15-5-8-21-13-15)16(17)11-14-3-2-6-18-12-14/h2-3,6,12,15-17H,4-5,7-11,13H2,1H3/t15?,16-,17-/m0/s1. The molecular formula is C17H26N2O3. The van der Waals surface area contributed by atoms with Gasteiger partial charge in [-0.3, -0.25) is 9.88 Å². The lowest BCUT2D eigenvalue weighted by molar-refractivity contribution is -0.00621. The first-order valence-electron chi connectivity index (χ1n) is 8.21. The third kappa shape index (κ3) is 3.84. The summed E-state index contributed by atoms with van der Waals surface area (Å²) in [5, 5.41) is 0. The van der Waals surface area contributed by atoms with Crippen LogP contribution in [0.5, 0.6) is 0 Å². The summed E-state index contributed by atoms with van der Waals surface area (Å²) in [4.78, 5) is 6.84. The molecule has 0 saturated carbocycles. The smallest absolute Gasteiger partial charge is 0.0746 e. The van der Waals surface area contributed by atoms with Gasteiger partial charge in [-0.2, -0.15) is 0 Å². The molecule has 3 atom stereocenters. The quantitative estimate of drug-likeness (QED) is 0.715. The average Bonchev–Trinajstić information content (AvgIpc) is 3.19. The molecule has 0 radical (unpaired) electrons. The highest BCUT2D eigenvalue weighted by Gasteiger charge is 2.39. The van der Waals surface area contributed by atoms with Gasteiger partial charge >= 0.3 is 0 Å². The highest BCUT2D eigenvalue weighted by Crippen LogP contribution is 2.29. The Morgan fingerprint density at radius 2 is 2.32 bits per heavy atom. The minimum Gasteiger partial charge on any atom is -0.382 e. The van der Waals surface area contributed by atoms with E-state index in [9.17, 15) is 0 Å². The maximum atomic E-state index is 6.09. The molecule has 1 aromatic rings. The van der Waals surface area contributed by atoms with E-state index in [2.05, 4.69) is 16.0 Å². The highest BCUT2D eigenvalue weighted by atomic mass is 16.5. The van der Waals surface area contributed by atoms with Crippen LogP contribution in [0, 0.1) is 0 Å². The summed E-state index contributed by atoms with van der Waals surface area (Å²) in [6.45, 7) is 4.16. The largest absolute Gasteiger partial charge is 0.382 e. The fraction of sp³-hybridized carbons (Fsp3) is 0.706. The number of methoxy groups -OCH3 is 1. The van der Waals surface area contributed by atoms with Gasteiger partial charge in [0.15, 0.2) is 0 Å². The molecule has 5 heteroatoms. The molecule has 0 aliphatic carbocycles. The Kier molecular flexibility index (Phi) is 5.78. The molecule has 3 heterocycles. The van der Waals surface area contributed by atoms with Gasteiger partial charge in [0, 0.05) is 44.7 Å². The second-order valence-corrected chi connectivity index (χ2v) is 6.08. The molecule has 1 unspecified atom stereocenters. The second kappa shape index (κ2) is 8.02. The first-order chi connectivity index (χ1) is 10.9. The van der Waals surface area contributed by atoms with Crippen molar-refractivity contribution in [2.24, 2.45) is 0 Å². The van der Waals surface area contributed by atoms with Gasteiger partial charge in [-0.15, -0.1) is 0 Å². The predicted molar refractivity (Wildman–Crippen MR) is 83.9 cm³/mol. The molecule has 22 heavy (non-hydrogen) atoms. The summed E-state index contributed by atoms with van der Waals surface area (Å²) in [5.41, 5.74) is 1.28. The van der Waals surface area contributed by atoms with Crippen molar-refractivity contribution >= 4 is 0 Å². The third-order valence-corrected chi connectivity index (χ3v) is 4.69. The van der Waals surface area contributed by atoms with Gasteiger partial charge < -0.3 is 14.2 Å². The van der Waals surface area contributed by atoms with Crippen LogP contribution in [0.15, 0.2) is 24.5 Å². The molecule has 2 aliphatic rings. The van der Waals surface area contributed by atoms with Crippen molar-refractivity contribution in [3.63, 3.8) is 0 Å². The zero-order chi connectivity index (χ0) is 15.2. The Bertz CT molecular complexity index is 437. The Labute approximate surface area is 132 Å². The fourth-order valence-corrected chi connectivity index (χ4v) is 3.57. The maximum Gasteiger partial charge on any atom is 0.0746 e. The van der Waals surface area contributed by atoms with Crippen LogP contribution in [0.1, 0.15) is 18.4 Å². The molecule has 2 saturated heterocycles. The number of nitrogens with zero attached hydrogens (tertiary/aromatic N) is 2. The third-order valence-electron chi connectivity index (χ3n) is 4.69. The zero-order valence-electron chi connectivity index (χ0n) is 13.3. The van der Waals surface area contributed by atoms with Gasteiger partial charge in [0.2, 0.25) is 0 Å². The van der Waals surface area contributed by atoms with E-state index in [1.54, 1.807) is 7.11 Å². The number of aromatic nitrogens is 1. The van der Waals surface area contributed by atoms with Crippen LogP contribution in [-0.2, 0) is 20.6 Å². The van der Waals surface area contributed by atoms with Gasteiger partial charge in [0.05, 0.1) is 25.9 Å². The number of ether oxygens (including phenoxy) is 3. The van der Waals surface area contributed by atoms with Crippen LogP contribution in [0.4, 0.5) is 0 Å². The molecule has 0 bridgehead atoms. The molecule has 0 aromatic carbocycles. The number of hydrogen-bond acceptors (Lipinski definition) is 5. The SMILES string of the molecule is COCCO[C@H]1CCN(C2CCOC2)[C@H]1Cc1cccnc1. The number of rotatable bonds is 7. The Hall–Kier alpha value is -1.01. The van der Waals surface area contributed by atoms with Crippen LogP contribution < -0.4 is 0 Å². The molecular weight excluding hydrogens is 280 g/mol. The van der Waals surface area contributed by atoms with Crippen LogP contribution in [0.2, 0.25) is 0 Å². The summed E-state index contributed by atoms with van der Waals surface area (Å²) in [5.74, 6) is 0. The summed E-state index contributed by atoms with van der Waals surface area (Å²) in [6, 6.07) is 5.11. The van der Waals surface area contributed by atoms with Crippen molar-refractivity contribution in [3.8, 4) is 0 Å². The second-order valence-electron chi connectivity index (χ2n) is 6.08. The zero-order valence-corrected chi connectivity index (χ0v) is 13.3. The molecule has 2 aliphatic heterocycles. The minimum absolute atomic E-state index is 0.274. The first-order valence-corrected chi connectivity index (χ1v) is 8.21. The van der Waals surface area contributed by atoms with Crippen molar-refractivity contribution in [2.75, 3.05) is 40.1 Å². The van der Waals surface area contributed by atoms with Gasteiger partial charge in [-0.05, 0) is 30.9 Å². The van der Waals surface area contributed by atoms with E-state index in [4.69, 9.17) is 14.2 Å². The summed E-state index contributed by atoms with van der Waals surface area (Å²) in [7, 11) is 1.72. The number of pyridine rings is 1. The molecule has 3 rings (SSSR count). The van der Waals surface area contributed by atoms with Crippen LogP contribution in [0.3, 0.4) is 0 Å². The molecule has 0 spiro atoms. The predicted octanol–water partition coefficient (Wildman–Crippen LogP) is 1.52. The monoisotopic (exact) mass is 306 g/mol. The van der Waals surface area contributed by atoms with Crippen molar-refractivity contribution in [1.82, 2.24) is 9.88 Å². The van der Waals surface area contributed by atoms with Gasteiger partial charge in [-0.25, -0.2) is 0 Å². The molecule has 2 fully saturated rings. The highest BCUT2D eigenvalue weighted by molar-refractivity contribution is 5.12. The van der Waals surface area contributed by atoms with E-state index >= 15 is 0 Å². The van der Waals surface area contributed by atoms with Gasteiger partial charge in [0.25, 0.3) is 0 Å². The lowest BCUT2D eigenvalue weighted by Crippen LogP contribution is -2.44. The van der Waals surface area contributed by atoms with Crippen molar-refractivity contribution in [2.45, 2.75) is 37.5 Å². The molecule has 0 N–H and O–H groups in total. The van der Waals surface area contributed by atoms with E-state index in [1.165, 1.54) is 5.56 Å². The lowest BCUT2D eigenvalue weighted by Gasteiger charge is -2.32. The normalized spacial score (nSPS) is 29.2. The molecule has 0 amide bonds. The van der Waals surface area contributed by atoms with E-state index in [0.717, 1.165) is 39.0 Å². The van der Waals surface area contributed by atoms with E-state index in [-0.39, 0.29) is 6.10 Å². The van der Waals surface area contributed by atoms with Crippen LogP contribution in [0.25, 0.3) is 0 Å². The summed E-state index contributed by atoms with van der Waals surface area (Å²) in [6.07, 6.45) is 7.28. The van der Waals surface area contributed by atoms with Crippen LogP contribution >= 0.6 is 0 Å². The maximum absolute atomic E-state index is 6.09. The van der Waals surface area contributed by atoms with E-state index < -0.39 is 0 Å². The van der Waals surface area contributed by atoms with E-state index in [0.29, 0.717) is 25.3 Å². The molecule has 122 valence electrons. The fourth-order valence-electron chi connectivity index (χ4n) is 3.57. The van der Waals surface area contributed by atoms with Crippen molar-refractivity contribution in [1.29, 1.82) is 0 Å². The van der Waals surface area contributed by atoms with Crippen molar-refractivity contribution in [3.05, 3.63) is 30.1 Å². The van der Waals surface area contributed by atoms with Gasteiger partial charge in [-0.1, -0.05) is 6.07 Å². The lowest BCUT2D eigenvalue weighted by atomic mass is 10.0. The first kappa shape index (κ1) is 15.9. The molecule has 5 nitrogen and oxygen atoms in total. The average molecular weight is 306 g/mol. The minimum atomic E-state index is 0.274. The van der Waals surface area contributed by atoms with Gasteiger partial charge in [0.1, 0.15) is 0 Å². The summed E-state index contributed by atoms with van der Waals surface area (Å²) >= 11 is 0. The van der Waals surface area contributed by atoms with E-state index in [1.807, 2.05) is 18.5 Å². The number of likely N-dealkylation sites (tertiary alicyclic amines) is 1. The molecule has 1 aromatic heterocycles. The number of hydrogen-bond donors (Lipinski definition) is 0. The summed E-state index contributed by atoms with van der Waals surface area (Å²) < 4.78 is 16.8.